The van der Waals surface area contributed by atoms with Gasteiger partial charge in [-0.15, -0.1) is 0 Å². The van der Waals surface area contributed by atoms with E-state index in [2.05, 4.69) is 30.6 Å². The van der Waals surface area contributed by atoms with Crippen molar-refractivity contribution in [3.8, 4) is 0 Å². The van der Waals surface area contributed by atoms with Gasteiger partial charge in [0.05, 0.1) is 11.3 Å². The highest BCUT2D eigenvalue weighted by Crippen LogP contribution is 2.29. The van der Waals surface area contributed by atoms with Crippen molar-refractivity contribution in [1.82, 2.24) is 25.6 Å². The zero-order chi connectivity index (χ0) is 22.3. The molecule has 8 nitrogen and oxygen atoms in total. The Morgan fingerprint density at radius 3 is 2.35 bits per heavy atom. The Morgan fingerprint density at radius 1 is 1.10 bits per heavy atom. The summed E-state index contributed by atoms with van der Waals surface area (Å²) < 4.78 is 42.7. The van der Waals surface area contributed by atoms with Crippen LogP contribution in [0.1, 0.15) is 21.6 Å². The molecule has 0 bridgehead atoms. The van der Waals surface area contributed by atoms with Crippen LogP contribution < -0.4 is 10.6 Å². The summed E-state index contributed by atoms with van der Waals surface area (Å²) in [5.41, 5.74) is 0.302. The van der Waals surface area contributed by atoms with Crippen molar-refractivity contribution in [2.24, 2.45) is 4.99 Å². The van der Waals surface area contributed by atoms with E-state index in [1.54, 1.807) is 13.3 Å². The van der Waals surface area contributed by atoms with Crippen LogP contribution in [-0.2, 0) is 12.7 Å². The lowest BCUT2D eigenvalue weighted by Gasteiger charge is -2.36. The van der Waals surface area contributed by atoms with Gasteiger partial charge in [-0.3, -0.25) is 14.7 Å². The summed E-state index contributed by atoms with van der Waals surface area (Å²) in [6.07, 6.45) is -2.86. The number of rotatable bonds is 6. The number of carbonyl (C=O) groups excluding carboxylic acids is 1. The number of hydrogen-bond acceptors (Lipinski definition) is 5. The molecule has 1 amide bonds. The SMILES string of the molecule is CN=C(NCCNC(=O)c1ccc(C(F)(F)F)cc1)N1CCN(Cc2ccon2)CC1. The highest BCUT2D eigenvalue weighted by molar-refractivity contribution is 5.94. The van der Waals surface area contributed by atoms with Crippen molar-refractivity contribution in [1.29, 1.82) is 0 Å². The third kappa shape index (κ3) is 6.45. The van der Waals surface area contributed by atoms with Crippen LogP contribution in [0.3, 0.4) is 0 Å². The fourth-order valence-electron chi connectivity index (χ4n) is 3.26. The van der Waals surface area contributed by atoms with E-state index in [-0.39, 0.29) is 5.56 Å². The van der Waals surface area contributed by atoms with Crippen molar-refractivity contribution in [3.05, 3.63) is 53.4 Å². The van der Waals surface area contributed by atoms with E-state index in [9.17, 15) is 18.0 Å². The maximum absolute atomic E-state index is 12.6. The fourth-order valence-corrected chi connectivity index (χ4v) is 3.26. The van der Waals surface area contributed by atoms with Crippen molar-refractivity contribution in [2.45, 2.75) is 12.7 Å². The molecule has 31 heavy (non-hydrogen) atoms. The molecule has 3 rings (SSSR count). The summed E-state index contributed by atoms with van der Waals surface area (Å²) in [7, 11) is 1.70. The number of benzene rings is 1. The lowest BCUT2D eigenvalue weighted by Crippen LogP contribution is -2.53. The van der Waals surface area contributed by atoms with E-state index in [1.807, 2.05) is 6.07 Å². The molecule has 1 aliphatic heterocycles. The van der Waals surface area contributed by atoms with Crippen molar-refractivity contribution in [2.75, 3.05) is 46.3 Å². The van der Waals surface area contributed by atoms with E-state index in [4.69, 9.17) is 4.52 Å². The smallest absolute Gasteiger partial charge is 0.364 e. The zero-order valence-electron chi connectivity index (χ0n) is 17.2. The maximum atomic E-state index is 12.6. The Kier molecular flexibility index (Phi) is 7.50. The number of guanidine groups is 1. The normalized spacial score (nSPS) is 15.7. The molecule has 1 aromatic heterocycles. The standard InChI is InChI=1S/C20H25F3N6O2/c1-24-19(29-11-9-28(10-12-29)14-17-6-13-31-27-17)26-8-7-25-18(30)15-2-4-16(5-3-15)20(21,22)23/h2-6,13H,7-12,14H2,1H3,(H,24,26)(H,25,30). The van der Waals surface area contributed by atoms with Gasteiger partial charge in [-0.1, -0.05) is 5.16 Å². The third-order valence-corrected chi connectivity index (χ3v) is 4.93. The minimum atomic E-state index is -4.42. The van der Waals surface area contributed by atoms with Crippen molar-refractivity contribution >= 4 is 11.9 Å². The summed E-state index contributed by atoms with van der Waals surface area (Å²) in [5, 5.41) is 9.82. The van der Waals surface area contributed by atoms with Crippen molar-refractivity contribution < 1.29 is 22.5 Å². The molecule has 0 spiro atoms. The van der Waals surface area contributed by atoms with E-state index in [1.165, 1.54) is 12.1 Å². The largest absolute Gasteiger partial charge is 0.416 e. The first-order valence-corrected chi connectivity index (χ1v) is 9.89. The quantitative estimate of drug-likeness (QED) is 0.407. The van der Waals surface area contributed by atoms with E-state index < -0.39 is 17.6 Å². The number of hydrogen-bond donors (Lipinski definition) is 2. The second kappa shape index (κ2) is 10.3. The van der Waals surface area contributed by atoms with Crippen LogP contribution in [0.5, 0.6) is 0 Å². The zero-order valence-corrected chi connectivity index (χ0v) is 17.2. The molecule has 11 heteroatoms. The van der Waals surface area contributed by atoms with Crippen LogP contribution in [0.4, 0.5) is 13.2 Å². The number of amides is 1. The van der Waals surface area contributed by atoms with Crippen LogP contribution in [0.15, 0.2) is 46.1 Å². The highest BCUT2D eigenvalue weighted by Gasteiger charge is 2.30. The lowest BCUT2D eigenvalue weighted by atomic mass is 10.1. The van der Waals surface area contributed by atoms with Gasteiger partial charge in [0.2, 0.25) is 0 Å². The predicted molar refractivity (Wildman–Crippen MR) is 108 cm³/mol. The molecule has 1 fully saturated rings. The number of nitrogens with one attached hydrogen (secondary N) is 2. The predicted octanol–water partition coefficient (Wildman–Crippen LogP) is 1.82. The molecule has 1 aromatic carbocycles. The molecule has 0 unspecified atom stereocenters. The summed E-state index contributed by atoms with van der Waals surface area (Å²) in [6, 6.07) is 5.99. The molecule has 1 saturated heterocycles. The monoisotopic (exact) mass is 438 g/mol. The number of carbonyl (C=O) groups is 1. The number of piperazine rings is 1. The number of alkyl halides is 3. The maximum Gasteiger partial charge on any atom is 0.416 e. The molecule has 2 aromatic rings. The van der Waals surface area contributed by atoms with E-state index in [0.717, 1.165) is 56.5 Å². The minimum absolute atomic E-state index is 0.181. The van der Waals surface area contributed by atoms with Crippen LogP contribution in [0, 0.1) is 0 Å². The lowest BCUT2D eigenvalue weighted by molar-refractivity contribution is -0.137. The topological polar surface area (TPSA) is 86.0 Å². The summed E-state index contributed by atoms with van der Waals surface area (Å²) in [6.45, 7) is 4.82. The molecule has 1 aliphatic rings. The average Bonchev–Trinajstić information content (AvgIpc) is 3.27. The minimum Gasteiger partial charge on any atom is -0.364 e. The highest BCUT2D eigenvalue weighted by atomic mass is 19.4. The van der Waals surface area contributed by atoms with Gasteiger partial charge in [0, 0.05) is 64.5 Å². The van der Waals surface area contributed by atoms with Gasteiger partial charge in [0.1, 0.15) is 6.26 Å². The Morgan fingerprint density at radius 2 is 1.77 bits per heavy atom. The summed E-state index contributed by atoms with van der Waals surface area (Å²) in [4.78, 5) is 20.8. The Hall–Kier alpha value is -3.08. The molecular weight excluding hydrogens is 413 g/mol. The third-order valence-electron chi connectivity index (χ3n) is 4.93. The van der Waals surface area contributed by atoms with Crippen LogP contribution in [0.2, 0.25) is 0 Å². The van der Waals surface area contributed by atoms with Crippen LogP contribution in [0.25, 0.3) is 0 Å². The first-order chi connectivity index (χ1) is 14.9. The van der Waals surface area contributed by atoms with E-state index in [0.29, 0.717) is 13.1 Å². The van der Waals surface area contributed by atoms with Gasteiger partial charge in [-0.05, 0) is 24.3 Å². The first kappa shape index (κ1) is 22.6. The number of nitrogens with zero attached hydrogens (tertiary/aromatic N) is 4. The Balaban J connectivity index is 1.38. The Labute approximate surface area is 178 Å². The molecule has 2 heterocycles. The molecule has 168 valence electrons. The molecular formula is C20H25F3N6O2. The molecule has 0 radical (unpaired) electrons. The van der Waals surface area contributed by atoms with Gasteiger partial charge in [0.15, 0.2) is 5.96 Å². The number of halogens is 3. The van der Waals surface area contributed by atoms with Gasteiger partial charge in [-0.2, -0.15) is 13.2 Å². The summed E-state index contributed by atoms with van der Waals surface area (Å²) >= 11 is 0. The van der Waals surface area contributed by atoms with Crippen molar-refractivity contribution in [3.63, 3.8) is 0 Å². The molecule has 2 N–H and O–H groups in total. The average molecular weight is 438 g/mol. The first-order valence-electron chi connectivity index (χ1n) is 9.89. The number of aromatic nitrogens is 1. The van der Waals surface area contributed by atoms with Crippen LogP contribution in [-0.4, -0.2) is 73.1 Å². The van der Waals surface area contributed by atoms with E-state index >= 15 is 0 Å². The van der Waals surface area contributed by atoms with Crippen LogP contribution >= 0.6 is 0 Å². The molecule has 0 aliphatic carbocycles. The van der Waals surface area contributed by atoms with Gasteiger partial charge in [0.25, 0.3) is 5.91 Å². The second-order valence-corrected chi connectivity index (χ2v) is 7.06. The van der Waals surface area contributed by atoms with Gasteiger partial charge < -0.3 is 20.1 Å². The van der Waals surface area contributed by atoms with Gasteiger partial charge >= 0.3 is 6.18 Å². The summed E-state index contributed by atoms with van der Waals surface area (Å²) in [5.74, 6) is 0.317. The molecule has 0 saturated carbocycles. The van der Waals surface area contributed by atoms with Gasteiger partial charge in [-0.25, -0.2) is 0 Å². The molecule has 0 atom stereocenters. The number of aliphatic imine (C=N–C) groups is 1. The fraction of sp³-hybridized carbons (Fsp3) is 0.450. The second-order valence-electron chi connectivity index (χ2n) is 7.06. The Bertz CT molecular complexity index is 860.